The molecule has 0 saturated carbocycles. The normalized spacial score (nSPS) is 10.7. The van der Waals surface area contributed by atoms with Crippen LogP contribution in [0.1, 0.15) is 11.1 Å². The molecule has 5 nitrogen and oxygen atoms in total. The Hall–Kier alpha value is -2.21. The standard InChI is InChI=1S/C14H14N4OS/c1-9-7-20-12-11(9)17-8-18-13(12)16-6-10-4-3-5-15-14(10)19-2/h3-5,7-8H,6H2,1-2H3,(H,16,17,18). The summed E-state index contributed by atoms with van der Waals surface area (Å²) in [5.41, 5.74) is 3.18. The van der Waals surface area contributed by atoms with Crippen LogP contribution in [0.2, 0.25) is 0 Å². The molecule has 0 radical (unpaired) electrons. The number of ether oxygens (including phenoxy) is 1. The Morgan fingerprint density at radius 1 is 1.30 bits per heavy atom. The molecule has 3 aromatic heterocycles. The molecule has 20 heavy (non-hydrogen) atoms. The van der Waals surface area contributed by atoms with Gasteiger partial charge in [0, 0.05) is 18.3 Å². The average molecular weight is 286 g/mol. The molecule has 3 aromatic rings. The molecule has 0 spiro atoms. The highest BCUT2D eigenvalue weighted by Crippen LogP contribution is 2.29. The monoisotopic (exact) mass is 286 g/mol. The lowest BCUT2D eigenvalue weighted by Crippen LogP contribution is -2.04. The zero-order valence-corrected chi connectivity index (χ0v) is 12.1. The van der Waals surface area contributed by atoms with Crippen molar-refractivity contribution in [3.63, 3.8) is 0 Å². The van der Waals surface area contributed by atoms with Gasteiger partial charge in [-0.05, 0) is 23.9 Å². The van der Waals surface area contributed by atoms with Crippen LogP contribution in [0.5, 0.6) is 5.88 Å². The molecule has 3 heterocycles. The van der Waals surface area contributed by atoms with Gasteiger partial charge in [0.25, 0.3) is 0 Å². The molecular weight excluding hydrogens is 272 g/mol. The number of nitrogens with one attached hydrogen (secondary N) is 1. The number of nitrogens with zero attached hydrogens (tertiary/aromatic N) is 3. The maximum absolute atomic E-state index is 5.24. The molecule has 102 valence electrons. The Balaban J connectivity index is 1.87. The zero-order valence-electron chi connectivity index (χ0n) is 11.3. The number of fused-ring (bicyclic) bond motifs is 1. The Kier molecular flexibility index (Phi) is 3.47. The summed E-state index contributed by atoms with van der Waals surface area (Å²) in [5.74, 6) is 1.48. The summed E-state index contributed by atoms with van der Waals surface area (Å²) in [5, 5.41) is 5.42. The third kappa shape index (κ3) is 2.30. The van der Waals surface area contributed by atoms with Crippen molar-refractivity contribution in [3.8, 4) is 5.88 Å². The first-order chi connectivity index (χ1) is 9.79. The maximum atomic E-state index is 5.24. The van der Waals surface area contributed by atoms with Crippen molar-refractivity contribution >= 4 is 27.4 Å². The summed E-state index contributed by atoms with van der Waals surface area (Å²) in [4.78, 5) is 12.8. The van der Waals surface area contributed by atoms with Crippen molar-refractivity contribution < 1.29 is 4.74 Å². The smallest absolute Gasteiger partial charge is 0.218 e. The number of aromatic nitrogens is 3. The quantitative estimate of drug-likeness (QED) is 0.799. The highest BCUT2D eigenvalue weighted by Gasteiger charge is 2.09. The number of anilines is 1. The summed E-state index contributed by atoms with van der Waals surface area (Å²) in [6.07, 6.45) is 3.30. The van der Waals surface area contributed by atoms with Crippen LogP contribution < -0.4 is 10.1 Å². The van der Waals surface area contributed by atoms with Gasteiger partial charge < -0.3 is 10.1 Å². The third-order valence-electron chi connectivity index (χ3n) is 3.02. The van der Waals surface area contributed by atoms with Gasteiger partial charge in [-0.3, -0.25) is 0 Å². The molecule has 0 unspecified atom stereocenters. The molecule has 0 aliphatic rings. The average Bonchev–Trinajstić information content (AvgIpc) is 2.88. The summed E-state index contributed by atoms with van der Waals surface area (Å²) in [6.45, 7) is 2.67. The van der Waals surface area contributed by atoms with Gasteiger partial charge in [0.05, 0.1) is 17.3 Å². The Bertz CT molecular complexity index is 741. The topological polar surface area (TPSA) is 59.9 Å². The van der Waals surface area contributed by atoms with Crippen LogP contribution in [0.25, 0.3) is 10.2 Å². The van der Waals surface area contributed by atoms with Crippen molar-refractivity contribution in [2.24, 2.45) is 0 Å². The maximum Gasteiger partial charge on any atom is 0.218 e. The summed E-state index contributed by atoms with van der Waals surface area (Å²) >= 11 is 1.65. The van der Waals surface area contributed by atoms with E-state index in [1.54, 1.807) is 31.0 Å². The number of aryl methyl sites for hydroxylation is 1. The molecule has 0 aromatic carbocycles. The number of rotatable bonds is 4. The lowest BCUT2D eigenvalue weighted by molar-refractivity contribution is 0.393. The van der Waals surface area contributed by atoms with Crippen LogP contribution in [0, 0.1) is 6.92 Å². The van der Waals surface area contributed by atoms with Crippen molar-refractivity contribution in [1.82, 2.24) is 15.0 Å². The van der Waals surface area contributed by atoms with E-state index in [9.17, 15) is 0 Å². The van der Waals surface area contributed by atoms with Crippen molar-refractivity contribution in [2.75, 3.05) is 12.4 Å². The van der Waals surface area contributed by atoms with Crippen LogP contribution in [0.3, 0.4) is 0 Å². The minimum atomic E-state index is 0.611. The van der Waals surface area contributed by atoms with Gasteiger partial charge >= 0.3 is 0 Å². The van der Waals surface area contributed by atoms with E-state index >= 15 is 0 Å². The molecule has 6 heteroatoms. The fraction of sp³-hybridized carbons (Fsp3) is 0.214. The first-order valence-corrected chi connectivity index (χ1v) is 7.08. The van der Waals surface area contributed by atoms with Gasteiger partial charge in [-0.15, -0.1) is 11.3 Å². The molecular formula is C14H14N4OS. The largest absolute Gasteiger partial charge is 0.481 e. The number of pyridine rings is 1. The van der Waals surface area contributed by atoms with Gasteiger partial charge in [0.2, 0.25) is 5.88 Å². The second kappa shape index (κ2) is 5.42. The van der Waals surface area contributed by atoms with E-state index in [1.165, 1.54) is 5.56 Å². The van der Waals surface area contributed by atoms with Crippen LogP contribution >= 0.6 is 11.3 Å². The van der Waals surface area contributed by atoms with Crippen molar-refractivity contribution in [2.45, 2.75) is 13.5 Å². The van der Waals surface area contributed by atoms with E-state index < -0.39 is 0 Å². The van der Waals surface area contributed by atoms with Crippen molar-refractivity contribution in [1.29, 1.82) is 0 Å². The number of hydrogen-bond acceptors (Lipinski definition) is 6. The highest BCUT2D eigenvalue weighted by atomic mass is 32.1. The van der Waals surface area contributed by atoms with E-state index in [0.717, 1.165) is 21.6 Å². The highest BCUT2D eigenvalue weighted by molar-refractivity contribution is 7.18. The van der Waals surface area contributed by atoms with Gasteiger partial charge in [-0.25, -0.2) is 15.0 Å². The number of thiophene rings is 1. The van der Waals surface area contributed by atoms with Gasteiger partial charge in [0.15, 0.2) is 0 Å². The fourth-order valence-electron chi connectivity index (χ4n) is 2.02. The molecule has 1 N–H and O–H groups in total. The molecule has 0 aliphatic carbocycles. The first-order valence-electron chi connectivity index (χ1n) is 6.20. The Morgan fingerprint density at radius 2 is 2.20 bits per heavy atom. The molecule has 0 fully saturated rings. The van der Waals surface area contributed by atoms with E-state index in [0.29, 0.717) is 12.4 Å². The second-order valence-electron chi connectivity index (χ2n) is 4.34. The molecule has 0 saturated heterocycles. The SMILES string of the molecule is COc1ncccc1CNc1ncnc2c(C)csc12. The summed E-state index contributed by atoms with van der Waals surface area (Å²) < 4.78 is 6.32. The predicted octanol–water partition coefficient (Wildman–Crippen LogP) is 3.02. The first kappa shape index (κ1) is 12.8. The number of methoxy groups -OCH3 is 1. The van der Waals surface area contributed by atoms with Gasteiger partial charge in [-0.2, -0.15) is 0 Å². The van der Waals surface area contributed by atoms with Gasteiger partial charge in [0.1, 0.15) is 12.1 Å². The molecule has 0 amide bonds. The lowest BCUT2D eigenvalue weighted by atomic mass is 10.2. The lowest BCUT2D eigenvalue weighted by Gasteiger charge is -2.09. The fourth-order valence-corrected chi connectivity index (χ4v) is 2.98. The van der Waals surface area contributed by atoms with Crippen LogP contribution in [0.15, 0.2) is 30.0 Å². The van der Waals surface area contributed by atoms with E-state index in [4.69, 9.17) is 4.74 Å². The van der Waals surface area contributed by atoms with E-state index in [-0.39, 0.29) is 0 Å². The van der Waals surface area contributed by atoms with E-state index in [1.807, 2.05) is 12.1 Å². The predicted molar refractivity (Wildman–Crippen MR) is 80.3 cm³/mol. The third-order valence-corrected chi connectivity index (χ3v) is 4.11. The molecule has 0 bridgehead atoms. The molecule has 3 rings (SSSR count). The summed E-state index contributed by atoms with van der Waals surface area (Å²) in [6, 6.07) is 3.88. The van der Waals surface area contributed by atoms with E-state index in [2.05, 4.69) is 32.6 Å². The van der Waals surface area contributed by atoms with Gasteiger partial charge in [-0.1, -0.05) is 6.07 Å². The zero-order chi connectivity index (χ0) is 13.9. The number of hydrogen-bond donors (Lipinski definition) is 1. The van der Waals surface area contributed by atoms with Crippen LogP contribution in [-0.2, 0) is 6.54 Å². The van der Waals surface area contributed by atoms with Crippen LogP contribution in [0.4, 0.5) is 5.82 Å². The second-order valence-corrected chi connectivity index (χ2v) is 5.22. The summed E-state index contributed by atoms with van der Waals surface area (Å²) in [7, 11) is 1.62. The van der Waals surface area contributed by atoms with Crippen molar-refractivity contribution in [3.05, 3.63) is 41.2 Å². The Morgan fingerprint density at radius 3 is 3.05 bits per heavy atom. The molecule has 0 atom stereocenters. The van der Waals surface area contributed by atoms with Crippen LogP contribution in [-0.4, -0.2) is 22.1 Å². The minimum Gasteiger partial charge on any atom is -0.481 e. The Labute approximate surface area is 120 Å². The minimum absolute atomic E-state index is 0.611. The molecule has 0 aliphatic heterocycles.